The Labute approximate surface area is 204 Å². The van der Waals surface area contributed by atoms with Gasteiger partial charge in [0.15, 0.2) is 0 Å². The first kappa shape index (κ1) is 21.8. The van der Waals surface area contributed by atoms with Gasteiger partial charge in [0.25, 0.3) is 0 Å². The van der Waals surface area contributed by atoms with Crippen molar-refractivity contribution in [2.75, 3.05) is 52.2 Å². The number of nitrogens with one attached hydrogen (secondary N) is 2. The highest BCUT2D eigenvalue weighted by Gasteiger charge is 2.20. The maximum absolute atomic E-state index is 4.74. The first-order valence-corrected chi connectivity index (χ1v) is 12.0. The molecule has 8 nitrogen and oxygen atoms in total. The van der Waals surface area contributed by atoms with Crippen molar-refractivity contribution in [1.82, 2.24) is 34.9 Å². The van der Waals surface area contributed by atoms with Crippen molar-refractivity contribution in [3.05, 3.63) is 60.6 Å². The average Bonchev–Trinajstić information content (AvgIpc) is 3.48. The molecule has 0 aliphatic carbocycles. The van der Waals surface area contributed by atoms with E-state index in [1.165, 1.54) is 5.56 Å². The summed E-state index contributed by atoms with van der Waals surface area (Å²) >= 11 is 0. The Morgan fingerprint density at radius 1 is 0.914 bits per heavy atom. The van der Waals surface area contributed by atoms with Gasteiger partial charge < -0.3 is 19.7 Å². The molecule has 6 rings (SSSR count). The second kappa shape index (κ2) is 8.79. The molecule has 2 N–H and O–H groups in total. The predicted molar refractivity (Wildman–Crippen MR) is 142 cm³/mol. The van der Waals surface area contributed by atoms with E-state index in [0.717, 1.165) is 82.9 Å². The number of benzene rings is 1. The van der Waals surface area contributed by atoms with Gasteiger partial charge in [0.2, 0.25) is 0 Å². The molecule has 5 heterocycles. The molecule has 178 valence electrons. The zero-order valence-corrected chi connectivity index (χ0v) is 20.4. The Hall–Kier alpha value is -3.75. The third-order valence-electron chi connectivity index (χ3n) is 6.77. The molecular formula is C27H30N8. The number of H-pyrrole nitrogens is 2. The maximum Gasteiger partial charge on any atom is 0.138 e. The number of aromatic amines is 2. The minimum absolute atomic E-state index is 0.860. The van der Waals surface area contributed by atoms with Gasteiger partial charge in [-0.3, -0.25) is 10.1 Å². The fraction of sp³-hybridized carbons (Fsp3) is 0.296. The topological polar surface area (TPSA) is 80.0 Å². The molecule has 1 aliphatic heterocycles. The van der Waals surface area contributed by atoms with Gasteiger partial charge in [0, 0.05) is 67.7 Å². The van der Waals surface area contributed by atoms with Gasteiger partial charge in [-0.1, -0.05) is 6.07 Å². The molecule has 4 aromatic heterocycles. The lowest BCUT2D eigenvalue weighted by Crippen LogP contribution is -2.44. The van der Waals surface area contributed by atoms with Crippen LogP contribution in [0.15, 0.2) is 55.0 Å². The van der Waals surface area contributed by atoms with E-state index >= 15 is 0 Å². The average molecular weight is 467 g/mol. The first-order valence-electron chi connectivity index (χ1n) is 12.0. The lowest BCUT2D eigenvalue weighted by molar-refractivity contribution is 0.312. The summed E-state index contributed by atoms with van der Waals surface area (Å²) in [6.45, 7) is 4.93. The Morgan fingerprint density at radius 2 is 1.77 bits per heavy atom. The molecule has 1 fully saturated rings. The molecule has 0 atom stereocenters. The van der Waals surface area contributed by atoms with Crippen LogP contribution in [-0.2, 0) is 6.54 Å². The summed E-state index contributed by atoms with van der Waals surface area (Å²) in [7, 11) is 6.31. The number of hydrogen-bond acceptors (Lipinski definition) is 6. The highest BCUT2D eigenvalue weighted by atomic mass is 15.3. The first-order chi connectivity index (χ1) is 17.0. The Kier molecular flexibility index (Phi) is 5.47. The second-order valence-electron chi connectivity index (χ2n) is 9.72. The standard InChI is InChI=1S/C27H30N8/c1-33(2)17-18-12-20(16-28-15-18)19-4-5-24-21(13-19)26(32-31-24)25-14-22-23(30-25)6-7-29-27(22)35-10-8-34(3)9-11-35/h4-7,12-16,30H,8-11,17H2,1-3H3,(H,31,32). The van der Waals surface area contributed by atoms with Crippen LogP contribution >= 0.6 is 0 Å². The van der Waals surface area contributed by atoms with Crippen LogP contribution in [0.2, 0.25) is 0 Å². The number of piperazine rings is 1. The zero-order chi connectivity index (χ0) is 23.9. The van der Waals surface area contributed by atoms with Gasteiger partial charge in [0.1, 0.15) is 11.5 Å². The van der Waals surface area contributed by atoms with E-state index in [0.29, 0.717) is 0 Å². The van der Waals surface area contributed by atoms with Crippen LogP contribution < -0.4 is 4.90 Å². The minimum Gasteiger partial charge on any atom is -0.353 e. The smallest absolute Gasteiger partial charge is 0.138 e. The molecule has 8 heteroatoms. The number of nitrogens with zero attached hydrogens (tertiary/aromatic N) is 6. The Bertz CT molecular complexity index is 1490. The summed E-state index contributed by atoms with van der Waals surface area (Å²) in [4.78, 5) is 19.7. The van der Waals surface area contributed by atoms with Crippen LogP contribution in [-0.4, -0.2) is 82.3 Å². The summed E-state index contributed by atoms with van der Waals surface area (Å²) in [6, 6.07) is 12.9. The van der Waals surface area contributed by atoms with Crippen molar-refractivity contribution in [1.29, 1.82) is 0 Å². The number of likely N-dealkylation sites (N-methyl/N-ethyl adjacent to an activating group) is 1. The zero-order valence-electron chi connectivity index (χ0n) is 20.4. The van der Waals surface area contributed by atoms with Crippen molar-refractivity contribution < 1.29 is 0 Å². The molecule has 0 amide bonds. The fourth-order valence-electron chi connectivity index (χ4n) is 4.93. The summed E-state index contributed by atoms with van der Waals surface area (Å²) in [5.41, 5.74) is 7.43. The SMILES string of the molecule is CN(C)Cc1cncc(-c2ccc3[nH]nc(-c4cc5c(N6CCN(C)CC6)nccc5[nH]4)c3c2)c1. The fourth-order valence-corrected chi connectivity index (χ4v) is 4.93. The van der Waals surface area contributed by atoms with E-state index in [1.54, 1.807) is 0 Å². The van der Waals surface area contributed by atoms with E-state index < -0.39 is 0 Å². The molecule has 1 saturated heterocycles. The van der Waals surface area contributed by atoms with E-state index in [9.17, 15) is 0 Å². The quantitative estimate of drug-likeness (QED) is 0.408. The lowest BCUT2D eigenvalue weighted by atomic mass is 10.0. The molecule has 0 radical (unpaired) electrons. The Balaban J connectivity index is 1.39. The number of hydrogen-bond donors (Lipinski definition) is 2. The van der Waals surface area contributed by atoms with Crippen LogP contribution in [0.5, 0.6) is 0 Å². The summed E-state index contributed by atoms with van der Waals surface area (Å²) in [6.07, 6.45) is 5.75. The minimum atomic E-state index is 0.860. The van der Waals surface area contributed by atoms with Crippen LogP contribution in [0.1, 0.15) is 5.56 Å². The molecule has 0 bridgehead atoms. The second-order valence-corrected chi connectivity index (χ2v) is 9.72. The van der Waals surface area contributed by atoms with Gasteiger partial charge in [0.05, 0.1) is 16.7 Å². The number of rotatable bonds is 5. The van der Waals surface area contributed by atoms with Crippen molar-refractivity contribution in [3.8, 4) is 22.5 Å². The number of fused-ring (bicyclic) bond motifs is 2. The van der Waals surface area contributed by atoms with Gasteiger partial charge >= 0.3 is 0 Å². The predicted octanol–water partition coefficient (Wildman–Crippen LogP) is 3.98. The van der Waals surface area contributed by atoms with Gasteiger partial charge in [-0.2, -0.15) is 5.10 Å². The molecule has 0 spiro atoms. The van der Waals surface area contributed by atoms with Gasteiger partial charge in [-0.25, -0.2) is 4.98 Å². The van der Waals surface area contributed by atoms with Gasteiger partial charge in [-0.05, 0) is 62.6 Å². The largest absolute Gasteiger partial charge is 0.353 e. The molecular weight excluding hydrogens is 436 g/mol. The summed E-state index contributed by atoms with van der Waals surface area (Å²) in [5.74, 6) is 1.04. The molecule has 1 aliphatic rings. The van der Waals surface area contributed by atoms with Crippen LogP contribution in [0.4, 0.5) is 5.82 Å². The van der Waals surface area contributed by atoms with Crippen molar-refractivity contribution >= 4 is 27.6 Å². The molecule has 1 aromatic carbocycles. The maximum atomic E-state index is 4.74. The number of pyridine rings is 2. The molecule has 5 aromatic rings. The van der Waals surface area contributed by atoms with E-state index in [-0.39, 0.29) is 0 Å². The third kappa shape index (κ3) is 4.15. The summed E-state index contributed by atoms with van der Waals surface area (Å²) < 4.78 is 0. The Morgan fingerprint density at radius 3 is 2.60 bits per heavy atom. The van der Waals surface area contributed by atoms with E-state index in [1.807, 2.05) is 24.7 Å². The van der Waals surface area contributed by atoms with Crippen LogP contribution in [0, 0.1) is 0 Å². The van der Waals surface area contributed by atoms with Crippen LogP contribution in [0.3, 0.4) is 0 Å². The van der Waals surface area contributed by atoms with Crippen molar-refractivity contribution in [3.63, 3.8) is 0 Å². The highest BCUT2D eigenvalue weighted by molar-refractivity contribution is 6.00. The summed E-state index contributed by atoms with van der Waals surface area (Å²) in [5, 5.41) is 10.1. The van der Waals surface area contributed by atoms with E-state index in [2.05, 4.69) is 86.3 Å². The molecule has 35 heavy (non-hydrogen) atoms. The monoisotopic (exact) mass is 466 g/mol. The van der Waals surface area contributed by atoms with E-state index in [4.69, 9.17) is 4.98 Å². The normalized spacial score (nSPS) is 15.0. The highest BCUT2D eigenvalue weighted by Crippen LogP contribution is 2.34. The van der Waals surface area contributed by atoms with Crippen LogP contribution in [0.25, 0.3) is 44.3 Å². The van der Waals surface area contributed by atoms with Gasteiger partial charge in [-0.15, -0.1) is 0 Å². The lowest BCUT2D eigenvalue weighted by Gasteiger charge is -2.33. The number of anilines is 1. The molecule has 0 unspecified atom stereocenters. The molecule has 0 saturated carbocycles. The third-order valence-corrected chi connectivity index (χ3v) is 6.77. The van der Waals surface area contributed by atoms with Crippen molar-refractivity contribution in [2.45, 2.75) is 6.54 Å². The van der Waals surface area contributed by atoms with Crippen molar-refractivity contribution in [2.24, 2.45) is 0 Å². The number of aromatic nitrogens is 5.